The molecule has 4 aromatic rings. The Hall–Kier alpha value is -4.68. The van der Waals surface area contributed by atoms with Gasteiger partial charge in [0.05, 0.1) is 22.7 Å². The minimum atomic E-state index is -4.36. The van der Waals surface area contributed by atoms with Gasteiger partial charge in [0, 0.05) is 42.5 Å². The van der Waals surface area contributed by atoms with Crippen LogP contribution in [0.15, 0.2) is 78.0 Å². The van der Waals surface area contributed by atoms with Crippen LogP contribution in [0.25, 0.3) is 11.4 Å². The number of nitrogens with zero attached hydrogens (tertiary/aromatic N) is 3. The number of imidazole rings is 1. The zero-order valence-electron chi connectivity index (χ0n) is 26.0. The van der Waals surface area contributed by atoms with Crippen LogP contribution in [0.1, 0.15) is 36.0 Å². The molecule has 13 heteroatoms. The maximum atomic E-state index is 14.4. The average Bonchev–Trinajstić information content (AvgIpc) is 3.76. The average molecular weight is 675 g/mol. The number of hydrogen-bond donors (Lipinski definition) is 3. The number of hydrogen-bond acceptors (Lipinski definition) is 6. The molecule has 0 aliphatic carbocycles. The molecular weight excluding hydrogens is 640 g/mol. The monoisotopic (exact) mass is 674 g/mol. The maximum absolute atomic E-state index is 14.4. The lowest BCUT2D eigenvalue weighted by atomic mass is 10.0. The number of rotatable bonds is 9. The number of anilines is 2. The van der Waals surface area contributed by atoms with E-state index in [9.17, 15) is 22.8 Å². The molecule has 1 saturated heterocycles. The number of aromatic amines is 1. The van der Waals surface area contributed by atoms with Gasteiger partial charge in [0.15, 0.2) is 0 Å². The third-order valence-electron chi connectivity index (χ3n) is 8.52. The minimum Gasteiger partial charge on any atom is -0.345 e. The second kappa shape index (κ2) is 13.2. The summed E-state index contributed by atoms with van der Waals surface area (Å²) in [5.74, 6) is -0.784. The van der Waals surface area contributed by atoms with Crippen molar-refractivity contribution in [2.24, 2.45) is 0 Å². The van der Waals surface area contributed by atoms with E-state index in [0.29, 0.717) is 40.8 Å². The number of aromatic nitrogens is 2. The molecule has 0 saturated carbocycles. The second-order valence-electron chi connectivity index (χ2n) is 11.9. The molecule has 3 N–H and O–H groups in total. The van der Waals surface area contributed by atoms with E-state index in [1.54, 1.807) is 67.5 Å². The first-order chi connectivity index (χ1) is 22.5. The van der Waals surface area contributed by atoms with Crippen molar-refractivity contribution >= 4 is 50.7 Å². The quantitative estimate of drug-likeness (QED) is 0.237. The zero-order chi connectivity index (χ0) is 33.3. The topological polar surface area (TPSA) is 145 Å². The lowest BCUT2D eigenvalue weighted by Gasteiger charge is -2.37. The Bertz CT molecular complexity index is 1900. The van der Waals surface area contributed by atoms with Crippen LogP contribution < -0.4 is 14.9 Å². The Morgan fingerprint density at radius 1 is 1.04 bits per heavy atom. The molecule has 47 heavy (non-hydrogen) atoms. The van der Waals surface area contributed by atoms with Crippen LogP contribution in [0.5, 0.6) is 0 Å². The van der Waals surface area contributed by atoms with E-state index in [1.165, 1.54) is 0 Å². The van der Waals surface area contributed by atoms with Crippen molar-refractivity contribution in [3.8, 4) is 11.4 Å². The fourth-order valence-corrected chi connectivity index (χ4v) is 8.76. The largest absolute Gasteiger partial charge is 0.345 e. The van der Waals surface area contributed by atoms with Gasteiger partial charge in [0.2, 0.25) is 17.7 Å². The van der Waals surface area contributed by atoms with Gasteiger partial charge in [0.25, 0.3) is 10.0 Å². The second-order valence-corrected chi connectivity index (χ2v) is 14.1. The highest BCUT2D eigenvalue weighted by atomic mass is 35.5. The Morgan fingerprint density at radius 2 is 1.72 bits per heavy atom. The third kappa shape index (κ3) is 6.61. The molecule has 0 bridgehead atoms. The molecule has 0 spiro atoms. The van der Waals surface area contributed by atoms with Crippen molar-refractivity contribution in [3.63, 3.8) is 0 Å². The maximum Gasteiger partial charge on any atom is 0.265 e. The van der Waals surface area contributed by atoms with Gasteiger partial charge in [-0.15, -0.1) is 0 Å². The highest BCUT2D eigenvalue weighted by molar-refractivity contribution is 7.93. The molecule has 2 aliphatic rings. The van der Waals surface area contributed by atoms with Crippen LogP contribution in [-0.4, -0.2) is 66.2 Å². The number of sulfonamides is 1. The van der Waals surface area contributed by atoms with E-state index in [0.717, 1.165) is 28.3 Å². The van der Waals surface area contributed by atoms with E-state index >= 15 is 0 Å². The van der Waals surface area contributed by atoms with Gasteiger partial charge in [-0.2, -0.15) is 0 Å². The SMILES string of the molecule is Cc1cc(Cl)cc(C)c1S(=O)(=O)N1c2ccccc2NC(=O)C1CC(=O)NC(Cc1ccc(-c2ncc[nH]2)cc1)C(=O)N1CCCC1. The van der Waals surface area contributed by atoms with Gasteiger partial charge in [0.1, 0.15) is 17.9 Å². The number of halogens is 1. The fraction of sp³-hybridized carbons (Fsp3) is 0.294. The molecule has 0 radical (unpaired) electrons. The summed E-state index contributed by atoms with van der Waals surface area (Å²) >= 11 is 6.21. The zero-order valence-corrected chi connectivity index (χ0v) is 27.6. The number of carbonyl (C=O) groups excluding carboxylic acids is 3. The molecule has 1 aromatic heterocycles. The predicted octanol–water partition coefficient (Wildman–Crippen LogP) is 4.60. The number of fused-ring (bicyclic) bond motifs is 1. The van der Waals surface area contributed by atoms with Crippen LogP contribution in [0.4, 0.5) is 11.4 Å². The van der Waals surface area contributed by atoms with Crippen molar-refractivity contribution < 1.29 is 22.8 Å². The van der Waals surface area contributed by atoms with E-state index in [-0.39, 0.29) is 22.9 Å². The number of aryl methyl sites for hydroxylation is 2. The molecule has 244 valence electrons. The molecule has 2 aliphatic heterocycles. The highest BCUT2D eigenvalue weighted by Gasteiger charge is 2.43. The van der Waals surface area contributed by atoms with Crippen molar-refractivity contribution in [2.75, 3.05) is 22.7 Å². The van der Waals surface area contributed by atoms with Crippen LogP contribution in [0.2, 0.25) is 5.02 Å². The summed E-state index contributed by atoms with van der Waals surface area (Å²) in [5.41, 5.74) is 3.07. The summed E-state index contributed by atoms with van der Waals surface area (Å²) in [6.07, 6.45) is 4.86. The molecule has 1 fully saturated rings. The molecule has 3 heterocycles. The molecule has 6 rings (SSSR count). The van der Waals surface area contributed by atoms with Crippen molar-refractivity contribution in [1.82, 2.24) is 20.2 Å². The Balaban J connectivity index is 1.29. The Kier molecular flexibility index (Phi) is 9.07. The number of H-pyrrole nitrogens is 1. The summed E-state index contributed by atoms with van der Waals surface area (Å²) < 4.78 is 29.8. The molecule has 3 aromatic carbocycles. The standard InChI is InChI=1S/C34H35ClN6O5S/c1-21-17-25(35)18-22(2)31(21)47(45,46)41-28-8-4-3-7-26(28)39-33(43)29(41)20-30(42)38-27(34(44)40-15-5-6-16-40)19-23-9-11-24(12-10-23)32-36-13-14-37-32/h3-4,7-14,17-18,27,29H,5-6,15-16,19-20H2,1-2H3,(H,36,37)(H,38,42)(H,39,43). The van der Waals surface area contributed by atoms with Crippen molar-refractivity contribution in [3.05, 3.63) is 94.8 Å². The molecule has 11 nitrogen and oxygen atoms in total. The first-order valence-electron chi connectivity index (χ1n) is 15.4. The summed E-state index contributed by atoms with van der Waals surface area (Å²) in [7, 11) is -4.36. The number of benzene rings is 3. The van der Waals surface area contributed by atoms with E-state index in [1.807, 2.05) is 24.3 Å². The predicted molar refractivity (Wildman–Crippen MR) is 180 cm³/mol. The molecule has 2 atom stereocenters. The van der Waals surface area contributed by atoms with Gasteiger partial charge in [-0.25, -0.2) is 13.4 Å². The van der Waals surface area contributed by atoms with E-state index < -0.39 is 40.3 Å². The van der Waals surface area contributed by atoms with Crippen LogP contribution in [0.3, 0.4) is 0 Å². The van der Waals surface area contributed by atoms with Crippen LogP contribution in [-0.2, 0) is 30.8 Å². The van der Waals surface area contributed by atoms with E-state index in [4.69, 9.17) is 11.6 Å². The van der Waals surface area contributed by atoms with Gasteiger partial charge >= 0.3 is 0 Å². The molecule has 2 unspecified atom stereocenters. The Morgan fingerprint density at radius 3 is 2.38 bits per heavy atom. The fourth-order valence-electron chi connectivity index (χ4n) is 6.38. The minimum absolute atomic E-state index is 0.0110. The van der Waals surface area contributed by atoms with Gasteiger partial charge in [-0.05, 0) is 67.6 Å². The van der Waals surface area contributed by atoms with Crippen molar-refractivity contribution in [2.45, 2.75) is 56.5 Å². The molecular formula is C34H35ClN6O5S. The number of para-hydroxylation sites is 2. The summed E-state index contributed by atoms with van der Waals surface area (Å²) in [4.78, 5) is 50.1. The number of amides is 3. The van der Waals surface area contributed by atoms with Crippen LogP contribution in [0, 0.1) is 13.8 Å². The first-order valence-corrected chi connectivity index (χ1v) is 17.2. The lowest BCUT2D eigenvalue weighted by Crippen LogP contribution is -2.55. The number of nitrogens with one attached hydrogen (secondary N) is 3. The normalized spacial score (nSPS) is 16.8. The number of likely N-dealkylation sites (tertiary alicyclic amines) is 1. The summed E-state index contributed by atoms with van der Waals surface area (Å²) in [5, 5.41) is 5.99. The van der Waals surface area contributed by atoms with Gasteiger partial charge in [-0.1, -0.05) is 48.0 Å². The third-order valence-corrected chi connectivity index (χ3v) is 10.9. The van der Waals surface area contributed by atoms with Crippen molar-refractivity contribution in [1.29, 1.82) is 0 Å². The summed E-state index contributed by atoms with van der Waals surface area (Å²) in [6, 6.07) is 14.9. The lowest BCUT2D eigenvalue weighted by molar-refractivity contribution is -0.135. The first kappa shape index (κ1) is 32.3. The van der Waals surface area contributed by atoms with Gasteiger partial charge < -0.3 is 20.5 Å². The smallest absolute Gasteiger partial charge is 0.265 e. The highest BCUT2D eigenvalue weighted by Crippen LogP contribution is 2.39. The summed E-state index contributed by atoms with van der Waals surface area (Å²) in [6.45, 7) is 4.46. The number of carbonyl (C=O) groups is 3. The molecule has 3 amide bonds. The van der Waals surface area contributed by atoms with Crippen LogP contribution >= 0.6 is 11.6 Å². The Labute approximate surface area is 278 Å². The van der Waals surface area contributed by atoms with Gasteiger partial charge in [-0.3, -0.25) is 18.7 Å². The van der Waals surface area contributed by atoms with E-state index in [2.05, 4.69) is 20.6 Å².